The first kappa shape index (κ1) is 78.8. The molecule has 13 nitrogen and oxygen atoms in total. The molecule has 0 bridgehead atoms. The molecule has 2 saturated carbocycles. The maximum Gasteiger partial charge on any atom is 0.0829 e. The summed E-state index contributed by atoms with van der Waals surface area (Å²) in [6.45, 7) is 77.7. The van der Waals surface area contributed by atoms with E-state index in [2.05, 4.69) is 233 Å². The number of morpholine rings is 1. The normalized spacial score (nSPS) is 32.7. The third-order valence-electron chi connectivity index (χ3n) is 25.3. The summed E-state index contributed by atoms with van der Waals surface area (Å²) in [5.74, 6) is 4.94. The van der Waals surface area contributed by atoms with E-state index in [-0.39, 0.29) is 5.54 Å². The van der Waals surface area contributed by atoms with E-state index in [0.29, 0.717) is 50.2 Å². The zero-order chi connectivity index (χ0) is 68.1. The van der Waals surface area contributed by atoms with Crippen molar-refractivity contribution in [3.8, 4) is 0 Å². The standard InChI is InChI=1S/C12H24N2.C12H23N.C11H24N2O.3C11H22N2.C11H21N/c1-11(2,3)14-8-6-12(10-14)5-4-7-13-9-12;1-11(2,3)13-9-12(10-13)7-5-4-6-8-12;1-11(2,3)13-6-7-14-10(9-13)8-12(4)5;1-11(2,3)13-7-9-5-12(4)6-10(9)8-13;1-11(2,3)13-7-9-5-6-12(4)10(9)8-13;1-10(2,3)13-8-11(9-13)4-6-12-7-5-11;1-11(2,3)12-7-9-5-4-6-10(9)8-12/h13H,4-10H2,1-3H3;4-10H2,1-3H3;10H,6-9H2,1-5H3;2*9-10H,5-8H2,1-4H3;12H,4-9H2,1-3H3;9-10H,4-8H2,1-3H3/t;;;2*9-,10+;;9-,10+/m....1../s1. The maximum atomic E-state index is 5.73. The van der Waals surface area contributed by atoms with Crippen molar-refractivity contribution < 1.29 is 4.74 Å². The summed E-state index contributed by atoms with van der Waals surface area (Å²) < 4.78 is 5.73. The Bertz CT molecular complexity index is 2070. The first-order valence-corrected chi connectivity index (χ1v) is 38.8. The van der Waals surface area contributed by atoms with Gasteiger partial charge in [-0.05, 0) is 316 Å². The van der Waals surface area contributed by atoms with Gasteiger partial charge in [-0.2, -0.15) is 0 Å². The number of fused-ring (bicyclic) bond motifs is 3. The summed E-state index contributed by atoms with van der Waals surface area (Å²) >= 11 is 0. The SMILES string of the molecule is CC(C)(C)N1CC2(CCCCC2)C1.CC(C)(C)N1CC2(CCNCC2)C1.CC(C)(C)N1CCC2(CCCNC2)C1.CC(C)(C)N1C[C@H]2CCC[C@H]2C1.CN(C)CC1CN(C(C)(C)C)CCO1.CN1CC[C@@H]2CN(C(C)(C)C)C[C@@H]21.CN1C[C@@H]2CN(C(C)(C)C)C[C@@H]2C1. The minimum absolute atomic E-state index is 0.272. The van der Waals surface area contributed by atoms with Gasteiger partial charge in [-0.25, -0.2) is 0 Å². The van der Waals surface area contributed by atoms with Crippen LogP contribution in [0.5, 0.6) is 0 Å². The Balaban J connectivity index is 0.000000152. The molecule has 3 spiro atoms. The first-order chi connectivity index (χ1) is 42.5. The quantitative estimate of drug-likeness (QED) is 0.276. The van der Waals surface area contributed by atoms with Gasteiger partial charge >= 0.3 is 0 Å². The Kier molecular flexibility index (Phi) is 27.4. The van der Waals surface area contributed by atoms with Crippen molar-refractivity contribution in [2.24, 2.45) is 45.8 Å². The molecule has 13 fully saturated rings. The lowest BCUT2D eigenvalue weighted by molar-refractivity contribution is -0.0784. The number of nitrogens with zero attached hydrogens (tertiary/aromatic N) is 10. The highest BCUT2D eigenvalue weighted by atomic mass is 16.5. The van der Waals surface area contributed by atoms with Crippen LogP contribution < -0.4 is 10.6 Å². The van der Waals surface area contributed by atoms with Crippen LogP contribution in [-0.2, 0) is 4.74 Å². The Morgan fingerprint density at radius 1 is 0.370 bits per heavy atom. The lowest BCUT2D eigenvalue weighted by Crippen LogP contribution is -2.64. The number of rotatable bonds is 2. The molecule has 0 amide bonds. The summed E-state index contributed by atoms with van der Waals surface area (Å²) in [5.41, 5.74) is 4.64. The molecule has 13 heteroatoms. The summed E-state index contributed by atoms with van der Waals surface area (Å²) in [6, 6.07) is 0.847. The van der Waals surface area contributed by atoms with E-state index in [1.165, 1.54) is 214 Å². The molecule has 2 aliphatic carbocycles. The van der Waals surface area contributed by atoms with Crippen molar-refractivity contribution in [2.45, 2.75) is 286 Å². The number of ether oxygens (including phenoxy) is 1. The highest BCUT2D eigenvalue weighted by molar-refractivity contribution is 5.04. The summed E-state index contributed by atoms with van der Waals surface area (Å²) in [4.78, 5) is 25.6. The smallest absolute Gasteiger partial charge is 0.0829 e. The van der Waals surface area contributed by atoms with Gasteiger partial charge < -0.3 is 30.1 Å². The van der Waals surface area contributed by atoms with E-state index in [1.807, 2.05) is 0 Å². The van der Waals surface area contributed by atoms with Gasteiger partial charge in [-0.15, -0.1) is 0 Å². The van der Waals surface area contributed by atoms with Crippen LogP contribution in [0, 0.1) is 45.8 Å². The van der Waals surface area contributed by atoms with Crippen LogP contribution in [0.15, 0.2) is 0 Å². The van der Waals surface area contributed by atoms with E-state index in [4.69, 9.17) is 4.74 Å². The average molecular weight is 1290 g/mol. The molecule has 8 atom stereocenters. The summed E-state index contributed by atoms with van der Waals surface area (Å²) in [7, 11) is 8.72. The van der Waals surface area contributed by atoms with Crippen LogP contribution in [0.2, 0.25) is 0 Å². The lowest BCUT2D eigenvalue weighted by Gasteiger charge is -2.57. The number of hydrogen-bond donors (Lipinski definition) is 2. The Morgan fingerprint density at radius 2 is 0.804 bits per heavy atom. The van der Waals surface area contributed by atoms with Gasteiger partial charge in [0.05, 0.1) is 12.7 Å². The zero-order valence-electron chi connectivity index (χ0n) is 66.1. The number of likely N-dealkylation sites (tertiary alicyclic amines) is 8. The number of hydrogen-bond acceptors (Lipinski definition) is 13. The summed E-state index contributed by atoms with van der Waals surface area (Å²) in [5, 5.41) is 7.01. The predicted molar refractivity (Wildman–Crippen MR) is 397 cm³/mol. The third kappa shape index (κ3) is 22.7. The van der Waals surface area contributed by atoms with Gasteiger partial charge in [-0.1, -0.05) is 25.7 Å². The van der Waals surface area contributed by atoms with Crippen LogP contribution in [0.1, 0.15) is 235 Å². The first-order valence-electron chi connectivity index (χ1n) is 38.8. The average Bonchev–Trinajstić information content (AvgIpc) is 1.50. The van der Waals surface area contributed by atoms with Crippen LogP contribution in [-0.4, -0.2) is 279 Å². The molecule has 11 aliphatic heterocycles. The van der Waals surface area contributed by atoms with Gasteiger partial charge in [0.15, 0.2) is 0 Å². The molecular weight excluding hydrogens is 1130 g/mol. The molecule has 0 aromatic heterocycles. The summed E-state index contributed by atoms with van der Waals surface area (Å²) in [6.07, 6.45) is 20.7. The van der Waals surface area contributed by atoms with E-state index >= 15 is 0 Å². The van der Waals surface area contributed by atoms with Crippen LogP contribution in [0.3, 0.4) is 0 Å². The molecular formula is C79H158N12O. The molecule has 2 unspecified atom stereocenters. The Labute approximate surface area is 572 Å². The molecule has 11 saturated heterocycles. The van der Waals surface area contributed by atoms with Gasteiger partial charge in [0, 0.05) is 156 Å². The fraction of sp³-hybridized carbons (Fsp3) is 1.00. The monoisotopic (exact) mass is 1290 g/mol. The molecule has 92 heavy (non-hydrogen) atoms. The Hall–Kier alpha value is -0.520. The fourth-order valence-corrected chi connectivity index (χ4v) is 18.4. The van der Waals surface area contributed by atoms with Crippen molar-refractivity contribution >= 4 is 0 Å². The highest BCUT2D eigenvalue weighted by Crippen LogP contribution is 2.47. The van der Waals surface area contributed by atoms with Crippen LogP contribution >= 0.6 is 0 Å². The second kappa shape index (κ2) is 32.0. The van der Waals surface area contributed by atoms with Gasteiger partial charge in [0.1, 0.15) is 0 Å². The molecule has 13 aliphatic rings. The van der Waals surface area contributed by atoms with E-state index in [1.54, 1.807) is 0 Å². The van der Waals surface area contributed by atoms with Crippen LogP contribution in [0.25, 0.3) is 0 Å². The second-order valence-corrected chi connectivity index (χ2v) is 40.4. The molecule has 540 valence electrons. The minimum Gasteiger partial charge on any atom is -0.374 e. The van der Waals surface area contributed by atoms with Crippen molar-refractivity contribution in [3.63, 3.8) is 0 Å². The van der Waals surface area contributed by atoms with E-state index < -0.39 is 0 Å². The van der Waals surface area contributed by atoms with Crippen molar-refractivity contribution in [2.75, 3.05) is 179 Å². The van der Waals surface area contributed by atoms with E-state index in [0.717, 1.165) is 67.3 Å². The van der Waals surface area contributed by atoms with Crippen LogP contribution in [0.4, 0.5) is 0 Å². The highest BCUT2D eigenvalue weighted by Gasteiger charge is 2.49. The molecule has 2 N–H and O–H groups in total. The number of nitrogens with one attached hydrogen (secondary N) is 2. The second-order valence-electron chi connectivity index (χ2n) is 40.4. The Morgan fingerprint density at radius 3 is 1.24 bits per heavy atom. The number of likely N-dealkylation sites (N-methyl/N-ethyl adjacent to an activating group) is 2. The number of piperidine rings is 2. The zero-order valence-corrected chi connectivity index (χ0v) is 66.1. The fourth-order valence-electron chi connectivity index (χ4n) is 18.4. The molecule has 0 aromatic carbocycles. The largest absolute Gasteiger partial charge is 0.374 e. The maximum absolute atomic E-state index is 5.73. The lowest BCUT2D eigenvalue weighted by atomic mass is 9.67. The van der Waals surface area contributed by atoms with Crippen molar-refractivity contribution in [1.29, 1.82) is 0 Å². The predicted octanol–water partition coefficient (Wildman–Crippen LogP) is 12.6. The van der Waals surface area contributed by atoms with Gasteiger partial charge in [0.2, 0.25) is 0 Å². The molecule has 0 radical (unpaired) electrons. The molecule has 0 aromatic rings. The molecule has 13 rings (SSSR count). The minimum atomic E-state index is 0.272. The van der Waals surface area contributed by atoms with Gasteiger partial charge in [0.25, 0.3) is 0 Å². The molecule has 11 heterocycles. The van der Waals surface area contributed by atoms with Gasteiger partial charge in [-0.3, -0.25) is 34.3 Å². The topological polar surface area (TPSA) is 65.7 Å². The third-order valence-corrected chi connectivity index (χ3v) is 25.3. The van der Waals surface area contributed by atoms with Crippen molar-refractivity contribution in [3.05, 3.63) is 0 Å². The van der Waals surface area contributed by atoms with Crippen molar-refractivity contribution in [1.82, 2.24) is 59.6 Å². The van der Waals surface area contributed by atoms with E-state index in [9.17, 15) is 0 Å².